The van der Waals surface area contributed by atoms with Crippen molar-refractivity contribution in [2.75, 3.05) is 0 Å². The molecule has 4 nitrogen and oxygen atoms in total. The summed E-state index contributed by atoms with van der Waals surface area (Å²) in [6.45, 7) is 3.72. The van der Waals surface area contributed by atoms with Crippen molar-refractivity contribution in [2.45, 2.75) is 13.8 Å². The molecule has 0 saturated carbocycles. The first-order chi connectivity index (χ1) is 6.25. The zero-order chi connectivity index (χ0) is 9.26. The number of H-pyrrole nitrogens is 1. The van der Waals surface area contributed by atoms with E-state index < -0.39 is 0 Å². The quantitative estimate of drug-likeness (QED) is 0.712. The molecule has 0 atom stereocenters. The van der Waals surface area contributed by atoms with Crippen LogP contribution in [-0.4, -0.2) is 19.9 Å². The molecule has 0 amide bonds. The highest BCUT2D eigenvalue weighted by Gasteiger charge is 2.03. The minimum absolute atomic E-state index is 0.704. The second kappa shape index (κ2) is 2.97. The van der Waals surface area contributed by atoms with Gasteiger partial charge in [-0.15, -0.1) is 0 Å². The average molecular weight is 174 g/mol. The highest BCUT2D eigenvalue weighted by molar-refractivity contribution is 5.48. The van der Waals surface area contributed by atoms with Crippen LogP contribution in [0.1, 0.15) is 11.6 Å². The summed E-state index contributed by atoms with van der Waals surface area (Å²) in [6, 6.07) is 3.86. The maximum absolute atomic E-state index is 4.22. The lowest BCUT2D eigenvalue weighted by atomic mass is 10.4. The van der Waals surface area contributed by atoms with Gasteiger partial charge in [0, 0.05) is 6.20 Å². The molecule has 0 unspecified atom stereocenters. The predicted octanol–water partition coefficient (Wildman–Crippen LogP) is 1.48. The molecule has 4 heteroatoms. The fourth-order valence-electron chi connectivity index (χ4n) is 1.21. The number of rotatable bonds is 1. The van der Waals surface area contributed by atoms with Gasteiger partial charge in [0.05, 0.1) is 5.69 Å². The molecule has 13 heavy (non-hydrogen) atoms. The topological polar surface area (TPSA) is 54.5 Å². The van der Waals surface area contributed by atoms with E-state index in [2.05, 4.69) is 19.9 Å². The van der Waals surface area contributed by atoms with Crippen LogP contribution in [0.2, 0.25) is 0 Å². The van der Waals surface area contributed by atoms with Crippen molar-refractivity contribution >= 4 is 0 Å². The number of aryl methyl sites for hydroxylation is 2. The Morgan fingerprint density at radius 2 is 1.77 bits per heavy atom. The summed E-state index contributed by atoms with van der Waals surface area (Å²) in [6.07, 6.45) is 1.85. The smallest absolute Gasteiger partial charge is 0.179 e. The Bertz CT molecular complexity index is 385. The lowest BCUT2D eigenvalue weighted by Gasteiger charge is -1.99. The van der Waals surface area contributed by atoms with Crippen LogP contribution in [0.3, 0.4) is 0 Å². The van der Waals surface area contributed by atoms with Gasteiger partial charge in [0.2, 0.25) is 0 Å². The zero-order valence-corrected chi connectivity index (χ0v) is 7.57. The standard InChI is InChI=1S/C9H10N4/c1-6-11-7(2)13-9(12-6)8-4-3-5-10-8/h3-5,10H,1-2H3. The van der Waals surface area contributed by atoms with Crippen LogP contribution in [0.5, 0.6) is 0 Å². The molecule has 2 aromatic rings. The lowest BCUT2D eigenvalue weighted by Crippen LogP contribution is -1.98. The molecule has 0 fully saturated rings. The number of aromatic amines is 1. The highest BCUT2D eigenvalue weighted by atomic mass is 15.0. The molecule has 0 spiro atoms. The maximum atomic E-state index is 4.22. The average Bonchev–Trinajstić information content (AvgIpc) is 2.53. The van der Waals surface area contributed by atoms with Gasteiger partial charge in [0.1, 0.15) is 11.6 Å². The summed E-state index contributed by atoms with van der Waals surface area (Å²) in [5, 5.41) is 0. The van der Waals surface area contributed by atoms with Gasteiger partial charge >= 0.3 is 0 Å². The maximum Gasteiger partial charge on any atom is 0.179 e. The van der Waals surface area contributed by atoms with Gasteiger partial charge in [-0.2, -0.15) is 0 Å². The van der Waals surface area contributed by atoms with Crippen LogP contribution in [0.15, 0.2) is 18.3 Å². The van der Waals surface area contributed by atoms with Crippen LogP contribution < -0.4 is 0 Å². The highest BCUT2D eigenvalue weighted by Crippen LogP contribution is 2.10. The molecule has 0 aliphatic rings. The molecule has 0 saturated heterocycles. The molecule has 2 rings (SSSR count). The van der Waals surface area contributed by atoms with Gasteiger partial charge in [-0.05, 0) is 26.0 Å². The zero-order valence-electron chi connectivity index (χ0n) is 7.57. The Balaban J connectivity index is 2.53. The summed E-state index contributed by atoms with van der Waals surface area (Å²) in [5.74, 6) is 2.20. The monoisotopic (exact) mass is 174 g/mol. The second-order valence-electron chi connectivity index (χ2n) is 2.84. The van der Waals surface area contributed by atoms with Crippen LogP contribution in [0.25, 0.3) is 11.5 Å². The number of nitrogens with one attached hydrogen (secondary N) is 1. The molecule has 1 N–H and O–H groups in total. The minimum atomic E-state index is 0.704. The Morgan fingerprint density at radius 3 is 2.31 bits per heavy atom. The third kappa shape index (κ3) is 1.56. The van der Waals surface area contributed by atoms with Crippen LogP contribution >= 0.6 is 0 Å². The van der Waals surface area contributed by atoms with Gasteiger partial charge in [-0.25, -0.2) is 15.0 Å². The molecule has 0 aromatic carbocycles. The number of nitrogens with zero attached hydrogens (tertiary/aromatic N) is 3. The van der Waals surface area contributed by atoms with E-state index in [1.807, 2.05) is 32.2 Å². The van der Waals surface area contributed by atoms with E-state index in [1.54, 1.807) is 0 Å². The second-order valence-corrected chi connectivity index (χ2v) is 2.84. The van der Waals surface area contributed by atoms with Gasteiger partial charge in [0.15, 0.2) is 5.82 Å². The summed E-state index contributed by atoms with van der Waals surface area (Å²) in [4.78, 5) is 15.6. The fraction of sp³-hybridized carbons (Fsp3) is 0.222. The van der Waals surface area contributed by atoms with E-state index in [0.717, 1.165) is 17.3 Å². The van der Waals surface area contributed by atoms with E-state index in [0.29, 0.717) is 5.82 Å². The summed E-state index contributed by atoms with van der Waals surface area (Å²) >= 11 is 0. The number of hydrogen-bond acceptors (Lipinski definition) is 3. The Hall–Kier alpha value is -1.71. The van der Waals surface area contributed by atoms with Crippen molar-refractivity contribution < 1.29 is 0 Å². The van der Waals surface area contributed by atoms with Gasteiger partial charge in [-0.3, -0.25) is 0 Å². The first-order valence-electron chi connectivity index (χ1n) is 4.09. The summed E-state index contributed by atoms with van der Waals surface area (Å²) < 4.78 is 0. The normalized spacial score (nSPS) is 10.3. The number of aromatic nitrogens is 4. The summed E-state index contributed by atoms with van der Waals surface area (Å²) in [7, 11) is 0. The van der Waals surface area contributed by atoms with E-state index in [4.69, 9.17) is 0 Å². The van der Waals surface area contributed by atoms with Crippen molar-refractivity contribution in [3.63, 3.8) is 0 Å². The van der Waals surface area contributed by atoms with Crippen LogP contribution in [0.4, 0.5) is 0 Å². The van der Waals surface area contributed by atoms with Crippen LogP contribution in [-0.2, 0) is 0 Å². The number of hydrogen-bond donors (Lipinski definition) is 1. The minimum Gasteiger partial charge on any atom is -0.359 e. The molecule has 0 radical (unpaired) electrons. The van der Waals surface area contributed by atoms with Gasteiger partial charge < -0.3 is 4.98 Å². The van der Waals surface area contributed by atoms with E-state index in [9.17, 15) is 0 Å². The Kier molecular flexibility index (Phi) is 1.81. The molecule has 0 aliphatic heterocycles. The largest absolute Gasteiger partial charge is 0.359 e. The van der Waals surface area contributed by atoms with Crippen molar-refractivity contribution in [1.29, 1.82) is 0 Å². The first kappa shape index (κ1) is 7.91. The van der Waals surface area contributed by atoms with Gasteiger partial charge in [0.25, 0.3) is 0 Å². The molecule has 0 aliphatic carbocycles. The van der Waals surface area contributed by atoms with Crippen molar-refractivity contribution in [3.8, 4) is 11.5 Å². The third-order valence-electron chi connectivity index (χ3n) is 1.70. The van der Waals surface area contributed by atoms with Crippen molar-refractivity contribution in [3.05, 3.63) is 30.0 Å². The molecule has 2 aromatic heterocycles. The predicted molar refractivity (Wildman–Crippen MR) is 49.1 cm³/mol. The first-order valence-corrected chi connectivity index (χ1v) is 4.09. The van der Waals surface area contributed by atoms with E-state index >= 15 is 0 Å². The summed E-state index contributed by atoms with van der Waals surface area (Å²) in [5.41, 5.74) is 0.925. The SMILES string of the molecule is Cc1nc(C)nc(-c2ccc[nH]2)n1. The van der Waals surface area contributed by atoms with Crippen molar-refractivity contribution in [2.24, 2.45) is 0 Å². The molecule has 66 valence electrons. The van der Waals surface area contributed by atoms with E-state index in [-0.39, 0.29) is 0 Å². The Labute approximate surface area is 76.1 Å². The van der Waals surface area contributed by atoms with Crippen molar-refractivity contribution in [1.82, 2.24) is 19.9 Å². The van der Waals surface area contributed by atoms with Gasteiger partial charge in [-0.1, -0.05) is 0 Å². The molecule has 0 bridgehead atoms. The molecular weight excluding hydrogens is 164 g/mol. The fourth-order valence-corrected chi connectivity index (χ4v) is 1.21. The molecule has 2 heterocycles. The van der Waals surface area contributed by atoms with Crippen LogP contribution in [0, 0.1) is 13.8 Å². The Morgan fingerprint density at radius 1 is 1.08 bits per heavy atom. The van der Waals surface area contributed by atoms with E-state index in [1.165, 1.54) is 0 Å². The lowest BCUT2D eigenvalue weighted by molar-refractivity contribution is 0.924. The third-order valence-corrected chi connectivity index (χ3v) is 1.70. The molecular formula is C9H10N4.